The van der Waals surface area contributed by atoms with Crippen LogP contribution in [0.15, 0.2) is 18.2 Å². The van der Waals surface area contributed by atoms with E-state index in [0.717, 1.165) is 31.5 Å². The number of nitrogens with zero attached hydrogens (tertiary/aromatic N) is 1. The summed E-state index contributed by atoms with van der Waals surface area (Å²) in [6, 6.07) is 4.42. The number of likely N-dealkylation sites (tertiary alicyclic amines) is 1. The molecule has 126 valence electrons. The fourth-order valence-corrected chi connectivity index (χ4v) is 3.35. The summed E-state index contributed by atoms with van der Waals surface area (Å²) in [7, 11) is 0. The Bertz CT molecular complexity index is 575. The number of hydrogen-bond acceptors (Lipinski definition) is 2. The normalized spacial score (nSPS) is 22.1. The predicted octanol–water partition coefficient (Wildman–Crippen LogP) is 3.16. The lowest BCUT2D eigenvalue weighted by Crippen LogP contribution is -2.42. The summed E-state index contributed by atoms with van der Waals surface area (Å²) in [5.74, 6) is -3.25. The van der Waals surface area contributed by atoms with Crippen LogP contribution in [0.2, 0.25) is 0 Å². The van der Waals surface area contributed by atoms with Crippen molar-refractivity contribution in [2.45, 2.75) is 37.5 Å². The number of benzene rings is 1. The highest BCUT2D eigenvalue weighted by molar-refractivity contribution is 5.94. The van der Waals surface area contributed by atoms with E-state index in [1.54, 1.807) is 6.07 Å². The molecule has 0 saturated carbocycles. The van der Waals surface area contributed by atoms with Crippen LogP contribution in [0, 0.1) is 5.82 Å². The first-order chi connectivity index (χ1) is 10.9. The number of alkyl halides is 2. The summed E-state index contributed by atoms with van der Waals surface area (Å²) in [5, 5.41) is 3.26. The predicted molar refractivity (Wildman–Crippen MR) is 81.3 cm³/mol. The van der Waals surface area contributed by atoms with Crippen molar-refractivity contribution >= 4 is 5.91 Å². The average molecular weight is 326 g/mol. The van der Waals surface area contributed by atoms with Crippen LogP contribution >= 0.6 is 0 Å². The van der Waals surface area contributed by atoms with Gasteiger partial charge in [-0.25, -0.2) is 13.2 Å². The second-order valence-corrected chi connectivity index (χ2v) is 6.45. The Morgan fingerprint density at radius 2 is 1.78 bits per heavy atom. The summed E-state index contributed by atoms with van der Waals surface area (Å²) >= 11 is 0. The number of halogens is 3. The van der Waals surface area contributed by atoms with Crippen molar-refractivity contribution in [3.8, 4) is 0 Å². The van der Waals surface area contributed by atoms with Gasteiger partial charge in [-0.2, -0.15) is 0 Å². The van der Waals surface area contributed by atoms with Gasteiger partial charge in [0.05, 0.1) is 0 Å². The highest BCUT2D eigenvalue weighted by Crippen LogP contribution is 2.30. The van der Waals surface area contributed by atoms with Crippen LogP contribution in [0.25, 0.3) is 0 Å². The number of piperidine rings is 2. The van der Waals surface area contributed by atoms with E-state index in [4.69, 9.17) is 0 Å². The Hall–Kier alpha value is -1.56. The lowest BCUT2D eigenvalue weighted by atomic mass is 9.89. The number of rotatable bonds is 2. The third kappa shape index (κ3) is 3.86. The van der Waals surface area contributed by atoms with Crippen LogP contribution in [0.3, 0.4) is 0 Å². The van der Waals surface area contributed by atoms with Gasteiger partial charge in [0.25, 0.3) is 11.8 Å². The Balaban J connectivity index is 1.76. The molecule has 23 heavy (non-hydrogen) atoms. The molecule has 0 spiro atoms. The van der Waals surface area contributed by atoms with Gasteiger partial charge in [-0.15, -0.1) is 0 Å². The number of carbonyl (C=O) groups is 1. The molecule has 0 unspecified atom stereocenters. The van der Waals surface area contributed by atoms with Crippen molar-refractivity contribution < 1.29 is 18.0 Å². The van der Waals surface area contributed by atoms with Gasteiger partial charge in [0.2, 0.25) is 0 Å². The maximum Gasteiger partial charge on any atom is 0.253 e. The molecule has 0 aromatic heterocycles. The largest absolute Gasteiger partial charge is 0.338 e. The number of carbonyl (C=O) groups excluding carboxylic acids is 1. The van der Waals surface area contributed by atoms with Crippen molar-refractivity contribution in [2.24, 2.45) is 0 Å². The topological polar surface area (TPSA) is 32.3 Å². The van der Waals surface area contributed by atoms with Crippen molar-refractivity contribution in [1.29, 1.82) is 0 Å². The molecule has 0 bridgehead atoms. The van der Waals surface area contributed by atoms with Gasteiger partial charge < -0.3 is 10.2 Å². The van der Waals surface area contributed by atoms with Crippen molar-refractivity contribution in [3.05, 3.63) is 35.1 Å². The summed E-state index contributed by atoms with van der Waals surface area (Å²) in [5.41, 5.74) is 1.10. The monoisotopic (exact) mass is 326 g/mol. The van der Waals surface area contributed by atoms with Gasteiger partial charge in [0.15, 0.2) is 0 Å². The second kappa shape index (κ2) is 6.51. The van der Waals surface area contributed by atoms with E-state index < -0.39 is 11.7 Å². The molecule has 2 heterocycles. The number of amides is 1. The molecule has 2 saturated heterocycles. The zero-order chi connectivity index (χ0) is 16.4. The molecule has 2 aliphatic rings. The quantitative estimate of drug-likeness (QED) is 0.905. The number of nitrogens with one attached hydrogen (secondary N) is 1. The Morgan fingerprint density at radius 3 is 2.43 bits per heavy atom. The van der Waals surface area contributed by atoms with E-state index in [2.05, 4.69) is 5.32 Å². The molecule has 0 radical (unpaired) electrons. The molecule has 1 aromatic carbocycles. The summed E-state index contributed by atoms with van der Waals surface area (Å²) in [6.45, 7) is 1.80. The van der Waals surface area contributed by atoms with E-state index in [1.165, 1.54) is 17.0 Å². The molecular weight excluding hydrogens is 305 g/mol. The third-order valence-corrected chi connectivity index (χ3v) is 4.76. The van der Waals surface area contributed by atoms with Crippen LogP contribution in [-0.4, -0.2) is 42.9 Å². The lowest BCUT2D eigenvalue weighted by molar-refractivity contribution is -0.0494. The minimum Gasteiger partial charge on any atom is -0.338 e. The van der Waals surface area contributed by atoms with Crippen molar-refractivity contribution in [2.75, 3.05) is 26.2 Å². The van der Waals surface area contributed by atoms with E-state index in [9.17, 15) is 18.0 Å². The lowest BCUT2D eigenvalue weighted by Gasteiger charge is -2.32. The minimum atomic E-state index is -2.70. The molecule has 3 rings (SSSR count). The fraction of sp³-hybridized carbons (Fsp3) is 0.588. The van der Waals surface area contributed by atoms with Gasteiger partial charge in [0.1, 0.15) is 5.82 Å². The Kier molecular flexibility index (Phi) is 4.62. The highest BCUT2D eigenvalue weighted by Gasteiger charge is 2.36. The average Bonchev–Trinajstić information content (AvgIpc) is 2.54. The van der Waals surface area contributed by atoms with E-state index >= 15 is 0 Å². The number of hydrogen-bond donors (Lipinski definition) is 1. The molecular formula is C17H21F3N2O. The standard InChI is InChI=1S/C17H21F3N2O/c18-15-10-13(12-1-5-21-6-2-12)9-14(11-15)16(23)22-7-3-17(19,20)4-8-22/h9-12,21H,1-8H2. The van der Waals surface area contributed by atoms with Crippen LogP contribution in [0.5, 0.6) is 0 Å². The molecule has 0 atom stereocenters. The Morgan fingerprint density at radius 1 is 1.13 bits per heavy atom. The van der Waals surface area contributed by atoms with Crippen molar-refractivity contribution in [3.63, 3.8) is 0 Å². The zero-order valence-corrected chi connectivity index (χ0v) is 13.0. The van der Waals surface area contributed by atoms with E-state index in [0.29, 0.717) is 0 Å². The van der Waals surface area contributed by atoms with Gasteiger partial charge in [-0.3, -0.25) is 4.79 Å². The smallest absolute Gasteiger partial charge is 0.253 e. The van der Waals surface area contributed by atoms with Crippen LogP contribution in [-0.2, 0) is 0 Å². The van der Waals surface area contributed by atoms with Gasteiger partial charge in [-0.05, 0) is 55.6 Å². The van der Waals surface area contributed by atoms with Crippen LogP contribution in [0.1, 0.15) is 47.5 Å². The third-order valence-electron chi connectivity index (χ3n) is 4.76. The minimum absolute atomic E-state index is 0.0189. The van der Waals surface area contributed by atoms with E-state index in [1.807, 2.05) is 0 Å². The van der Waals surface area contributed by atoms with Gasteiger partial charge >= 0.3 is 0 Å². The van der Waals surface area contributed by atoms with Crippen LogP contribution in [0.4, 0.5) is 13.2 Å². The molecule has 6 heteroatoms. The molecule has 0 aliphatic carbocycles. The van der Waals surface area contributed by atoms with E-state index in [-0.39, 0.29) is 43.3 Å². The summed E-state index contributed by atoms with van der Waals surface area (Å²) in [4.78, 5) is 13.9. The van der Waals surface area contributed by atoms with Crippen LogP contribution < -0.4 is 5.32 Å². The molecule has 2 aliphatic heterocycles. The molecule has 1 amide bonds. The van der Waals surface area contributed by atoms with Crippen molar-refractivity contribution in [1.82, 2.24) is 10.2 Å². The summed E-state index contributed by atoms with van der Waals surface area (Å²) < 4.78 is 40.3. The highest BCUT2D eigenvalue weighted by atomic mass is 19.3. The van der Waals surface area contributed by atoms with Gasteiger partial charge in [0, 0.05) is 31.5 Å². The molecule has 2 fully saturated rings. The molecule has 1 aromatic rings. The molecule has 3 nitrogen and oxygen atoms in total. The maximum absolute atomic E-state index is 13.9. The SMILES string of the molecule is O=C(c1cc(F)cc(C2CCNCC2)c1)N1CCC(F)(F)CC1. The first kappa shape index (κ1) is 16.3. The second-order valence-electron chi connectivity index (χ2n) is 6.45. The fourth-order valence-electron chi connectivity index (χ4n) is 3.35. The molecule has 1 N–H and O–H groups in total. The zero-order valence-electron chi connectivity index (χ0n) is 13.0. The maximum atomic E-state index is 13.9. The Labute approximate surface area is 133 Å². The first-order valence-electron chi connectivity index (χ1n) is 8.13. The summed E-state index contributed by atoms with van der Waals surface area (Å²) in [6.07, 6.45) is 1.17. The first-order valence-corrected chi connectivity index (χ1v) is 8.13. The van der Waals surface area contributed by atoms with Gasteiger partial charge in [-0.1, -0.05) is 0 Å².